The Hall–Kier alpha value is -0.570. The maximum atomic E-state index is 12.9. The van der Waals surface area contributed by atoms with E-state index in [-0.39, 0.29) is 0 Å². The number of phosphoric acid groups is 1. The van der Waals surface area contributed by atoms with Crippen molar-refractivity contribution in [2.75, 3.05) is 0 Å². The van der Waals surface area contributed by atoms with Gasteiger partial charge < -0.3 is 14.7 Å². The van der Waals surface area contributed by atoms with Crippen LogP contribution in [0.2, 0.25) is 0 Å². The van der Waals surface area contributed by atoms with Crippen LogP contribution in [0, 0.1) is 0 Å². The maximum Gasteiger partial charge on any atom is 0.466 e. The van der Waals surface area contributed by atoms with Gasteiger partial charge in [-0.1, -0.05) is 6.08 Å². The summed E-state index contributed by atoms with van der Waals surface area (Å²) in [5.41, 5.74) is -5.56. The Bertz CT molecular complexity index is 327. The van der Waals surface area contributed by atoms with Crippen LogP contribution in [-0.4, -0.2) is 33.0 Å². The predicted molar refractivity (Wildman–Crippen MR) is 49.6 cm³/mol. The second-order valence-electron chi connectivity index (χ2n) is 3.00. The van der Waals surface area contributed by atoms with Crippen LogP contribution in [0.5, 0.6) is 0 Å². The molecule has 1 unspecified atom stereocenters. The van der Waals surface area contributed by atoms with Crippen molar-refractivity contribution >= 4 is 7.82 Å². The Labute approximate surface area is 98.2 Å². The highest BCUT2D eigenvalue weighted by Gasteiger charge is 2.63. The van der Waals surface area contributed by atoms with Crippen LogP contribution in [-0.2, 0) is 4.57 Å². The highest BCUT2D eigenvalue weighted by molar-refractivity contribution is 7.45. The van der Waals surface area contributed by atoms with E-state index < -0.39 is 31.7 Å². The zero-order valence-corrected chi connectivity index (χ0v) is 10.0. The summed E-state index contributed by atoms with van der Waals surface area (Å²) in [6.07, 6.45) is -9.01. The summed E-state index contributed by atoms with van der Waals surface area (Å²) in [6.45, 7) is 1.75. The van der Waals surface area contributed by atoms with Gasteiger partial charge in [-0.3, -0.25) is 0 Å². The number of rotatable bonds is 2. The molecular formula is C7H11F6O4P. The molecule has 0 aromatic rings. The van der Waals surface area contributed by atoms with Crippen molar-refractivity contribution in [3.05, 3.63) is 11.6 Å². The summed E-state index contributed by atoms with van der Waals surface area (Å²) in [5.74, 6) is 0. The molecule has 1 atom stereocenters. The third kappa shape index (κ3) is 6.39. The molecule has 0 rings (SSSR count). The van der Waals surface area contributed by atoms with E-state index in [9.17, 15) is 26.3 Å². The molecule has 4 nitrogen and oxygen atoms in total. The molecule has 0 heterocycles. The summed E-state index contributed by atoms with van der Waals surface area (Å²) in [4.78, 5) is 21.6. The second kappa shape index (κ2) is 6.55. The molecule has 0 radical (unpaired) electrons. The molecule has 3 N–H and O–H groups in total. The van der Waals surface area contributed by atoms with Gasteiger partial charge in [0.05, 0.1) is 0 Å². The minimum Gasteiger partial charge on any atom is -0.303 e. The first-order valence-corrected chi connectivity index (χ1v) is 5.69. The van der Waals surface area contributed by atoms with E-state index in [1.54, 1.807) is 0 Å². The molecule has 0 aliphatic carbocycles. The third-order valence-electron chi connectivity index (χ3n) is 1.72. The Morgan fingerprint density at radius 2 is 1.44 bits per heavy atom. The summed E-state index contributed by atoms with van der Waals surface area (Å²) in [5, 5.41) is 0. The molecule has 0 aliphatic heterocycles. The van der Waals surface area contributed by atoms with Crippen LogP contribution in [0.3, 0.4) is 0 Å². The van der Waals surface area contributed by atoms with Crippen molar-refractivity contribution < 1.29 is 45.6 Å². The van der Waals surface area contributed by atoms with Crippen molar-refractivity contribution in [1.82, 2.24) is 0 Å². The van der Waals surface area contributed by atoms with Gasteiger partial charge in [-0.15, -0.1) is 0 Å². The maximum absolute atomic E-state index is 12.9. The molecule has 0 spiro atoms. The fraction of sp³-hybridized carbons (Fsp3) is 0.714. The lowest BCUT2D eigenvalue weighted by atomic mass is 9.96. The SMILES string of the molecule is C/C=C(\C)C(F)(C(F)F)C(F)(F)F.O=P(O)(O)O. The van der Waals surface area contributed by atoms with E-state index in [1.807, 2.05) is 0 Å². The zero-order chi connectivity index (χ0) is 15.4. The molecule has 110 valence electrons. The third-order valence-corrected chi connectivity index (χ3v) is 1.72. The quantitative estimate of drug-likeness (QED) is 0.416. The Morgan fingerprint density at radius 3 is 1.50 bits per heavy atom. The minimum absolute atomic E-state index is 0.680. The lowest BCUT2D eigenvalue weighted by molar-refractivity contribution is -0.251. The van der Waals surface area contributed by atoms with Crippen molar-refractivity contribution in [2.45, 2.75) is 32.1 Å². The summed E-state index contributed by atoms with van der Waals surface area (Å²) in [7, 11) is -4.64. The van der Waals surface area contributed by atoms with Crippen molar-refractivity contribution in [3.63, 3.8) is 0 Å². The van der Waals surface area contributed by atoms with Gasteiger partial charge in [0, 0.05) is 0 Å². The average molecular weight is 304 g/mol. The first-order valence-electron chi connectivity index (χ1n) is 4.13. The van der Waals surface area contributed by atoms with Gasteiger partial charge in [0.1, 0.15) is 0 Å². The highest BCUT2D eigenvalue weighted by atomic mass is 31.2. The van der Waals surface area contributed by atoms with E-state index in [2.05, 4.69) is 0 Å². The van der Waals surface area contributed by atoms with Gasteiger partial charge in [-0.2, -0.15) is 13.2 Å². The fourth-order valence-corrected chi connectivity index (χ4v) is 0.729. The molecule has 0 amide bonds. The van der Waals surface area contributed by atoms with Crippen molar-refractivity contribution in [2.24, 2.45) is 0 Å². The van der Waals surface area contributed by atoms with Crippen LogP contribution >= 0.6 is 7.82 Å². The molecule has 18 heavy (non-hydrogen) atoms. The highest BCUT2D eigenvalue weighted by Crippen LogP contribution is 2.43. The van der Waals surface area contributed by atoms with Gasteiger partial charge in [0.15, 0.2) is 0 Å². The van der Waals surface area contributed by atoms with Gasteiger partial charge in [-0.25, -0.2) is 17.7 Å². The first-order chi connectivity index (χ1) is 7.67. The van der Waals surface area contributed by atoms with Crippen molar-refractivity contribution in [1.29, 1.82) is 0 Å². The zero-order valence-electron chi connectivity index (χ0n) is 9.12. The normalized spacial score (nSPS) is 17.0. The molecule has 0 bridgehead atoms. The smallest absolute Gasteiger partial charge is 0.303 e. The van der Waals surface area contributed by atoms with E-state index in [0.29, 0.717) is 13.0 Å². The van der Waals surface area contributed by atoms with Crippen LogP contribution in [0.1, 0.15) is 13.8 Å². The van der Waals surface area contributed by atoms with E-state index >= 15 is 0 Å². The summed E-state index contributed by atoms with van der Waals surface area (Å²) in [6, 6.07) is 0. The molecule has 0 aromatic carbocycles. The van der Waals surface area contributed by atoms with Crippen LogP contribution in [0.4, 0.5) is 26.3 Å². The van der Waals surface area contributed by atoms with Crippen molar-refractivity contribution in [3.8, 4) is 0 Å². The van der Waals surface area contributed by atoms with Gasteiger partial charge in [0.25, 0.3) is 12.1 Å². The van der Waals surface area contributed by atoms with E-state index in [4.69, 9.17) is 19.2 Å². The topological polar surface area (TPSA) is 77.8 Å². The molecule has 11 heteroatoms. The Morgan fingerprint density at radius 1 is 1.17 bits per heavy atom. The number of alkyl halides is 6. The van der Waals surface area contributed by atoms with E-state index in [1.165, 1.54) is 0 Å². The number of allylic oxidation sites excluding steroid dienone is 2. The van der Waals surface area contributed by atoms with Crippen LogP contribution < -0.4 is 0 Å². The number of hydrogen-bond donors (Lipinski definition) is 3. The van der Waals surface area contributed by atoms with Gasteiger partial charge >= 0.3 is 14.0 Å². The average Bonchev–Trinajstić information content (AvgIpc) is 2.10. The molecule has 0 saturated heterocycles. The summed E-state index contributed by atoms with van der Waals surface area (Å²) < 4.78 is 81.2. The molecule has 0 fully saturated rings. The fourth-order valence-electron chi connectivity index (χ4n) is 0.729. The second-order valence-corrected chi connectivity index (χ2v) is 4.02. The molecule has 0 aliphatic rings. The van der Waals surface area contributed by atoms with E-state index in [0.717, 1.165) is 6.92 Å². The number of halogens is 6. The predicted octanol–water partition coefficient (Wildman–Crippen LogP) is 2.56. The summed E-state index contributed by atoms with van der Waals surface area (Å²) >= 11 is 0. The van der Waals surface area contributed by atoms with Crippen LogP contribution in [0.15, 0.2) is 11.6 Å². The monoisotopic (exact) mass is 304 g/mol. The lowest BCUT2D eigenvalue weighted by Crippen LogP contribution is -2.48. The standard InChI is InChI=1S/C7H8F6.H3O4P/c1-3-4(2)6(10,5(8)9)7(11,12)13;1-5(2,3)4/h3,5H,1-2H3;(H3,1,2,3,4)/b4-3+;. The van der Waals surface area contributed by atoms with Gasteiger partial charge in [-0.05, 0) is 19.4 Å². The van der Waals surface area contributed by atoms with Crippen LogP contribution in [0.25, 0.3) is 0 Å². The largest absolute Gasteiger partial charge is 0.466 e. The molecule has 0 aromatic heterocycles. The number of hydrogen-bond acceptors (Lipinski definition) is 1. The Kier molecular flexibility index (Phi) is 7.20. The molecule has 0 saturated carbocycles. The lowest BCUT2D eigenvalue weighted by Gasteiger charge is -2.27. The molecular weight excluding hydrogens is 293 g/mol. The first kappa shape index (κ1) is 19.8. The van der Waals surface area contributed by atoms with Gasteiger partial charge in [0.2, 0.25) is 0 Å². The Balaban J connectivity index is 0. The minimum atomic E-state index is -5.59.